The lowest BCUT2D eigenvalue weighted by atomic mass is 9.99. The second-order valence-corrected chi connectivity index (χ2v) is 5.84. The van der Waals surface area contributed by atoms with Crippen LogP contribution >= 0.6 is 0 Å². The molecule has 1 aromatic carbocycles. The van der Waals surface area contributed by atoms with Gasteiger partial charge in [0.1, 0.15) is 0 Å². The Labute approximate surface area is 107 Å². The molecule has 0 saturated heterocycles. The van der Waals surface area contributed by atoms with E-state index in [4.69, 9.17) is 5.73 Å². The van der Waals surface area contributed by atoms with E-state index in [9.17, 15) is 0 Å². The van der Waals surface area contributed by atoms with E-state index in [0.29, 0.717) is 0 Å². The SMILES string of the molecule is NC1(c2ccc3ncccc3c2)C2CCCCC21. The van der Waals surface area contributed by atoms with Crippen LogP contribution in [0, 0.1) is 11.8 Å². The predicted molar refractivity (Wildman–Crippen MR) is 73.1 cm³/mol. The Bertz CT molecular complexity index is 593. The van der Waals surface area contributed by atoms with Crippen molar-refractivity contribution in [1.29, 1.82) is 0 Å². The Balaban J connectivity index is 1.79. The molecule has 18 heavy (non-hydrogen) atoms. The zero-order valence-electron chi connectivity index (χ0n) is 10.5. The Hall–Kier alpha value is -1.41. The maximum Gasteiger partial charge on any atom is 0.0702 e. The highest BCUT2D eigenvalue weighted by Crippen LogP contribution is 2.62. The first-order chi connectivity index (χ1) is 8.80. The fraction of sp³-hybridized carbons (Fsp3) is 0.438. The van der Waals surface area contributed by atoms with Gasteiger partial charge in [-0.1, -0.05) is 25.0 Å². The molecule has 2 unspecified atom stereocenters. The zero-order chi connectivity index (χ0) is 12.2. The van der Waals surface area contributed by atoms with E-state index in [1.54, 1.807) is 0 Å². The molecule has 2 atom stereocenters. The van der Waals surface area contributed by atoms with E-state index in [0.717, 1.165) is 17.4 Å². The molecule has 2 N–H and O–H groups in total. The summed E-state index contributed by atoms with van der Waals surface area (Å²) < 4.78 is 0. The lowest BCUT2D eigenvalue weighted by Gasteiger charge is -2.13. The molecular weight excluding hydrogens is 220 g/mol. The van der Waals surface area contributed by atoms with E-state index in [-0.39, 0.29) is 5.54 Å². The van der Waals surface area contributed by atoms with Crippen LogP contribution in [-0.4, -0.2) is 4.98 Å². The number of nitrogens with zero attached hydrogens (tertiary/aromatic N) is 1. The molecule has 2 fully saturated rings. The highest BCUT2D eigenvalue weighted by atomic mass is 14.9. The van der Waals surface area contributed by atoms with Gasteiger partial charge in [0.2, 0.25) is 0 Å². The summed E-state index contributed by atoms with van der Waals surface area (Å²) >= 11 is 0. The third-order valence-electron chi connectivity index (χ3n) is 4.99. The smallest absolute Gasteiger partial charge is 0.0702 e. The number of nitrogens with two attached hydrogens (primary N) is 1. The van der Waals surface area contributed by atoms with Crippen LogP contribution in [0.15, 0.2) is 36.5 Å². The van der Waals surface area contributed by atoms with Crippen LogP contribution in [0.2, 0.25) is 0 Å². The van der Waals surface area contributed by atoms with Gasteiger partial charge in [-0.25, -0.2) is 0 Å². The molecule has 2 saturated carbocycles. The van der Waals surface area contributed by atoms with Gasteiger partial charge in [-0.15, -0.1) is 0 Å². The summed E-state index contributed by atoms with van der Waals surface area (Å²) in [5, 5.41) is 1.21. The Kier molecular flexibility index (Phi) is 2.07. The monoisotopic (exact) mass is 238 g/mol. The summed E-state index contributed by atoms with van der Waals surface area (Å²) in [6.07, 6.45) is 7.18. The van der Waals surface area contributed by atoms with Crippen molar-refractivity contribution >= 4 is 10.9 Å². The molecule has 2 heteroatoms. The molecule has 1 heterocycles. The normalized spacial score (nSPS) is 34.3. The van der Waals surface area contributed by atoms with Gasteiger partial charge in [0.15, 0.2) is 0 Å². The van der Waals surface area contributed by atoms with E-state index in [1.165, 1.54) is 36.6 Å². The first kappa shape index (κ1) is 10.5. The summed E-state index contributed by atoms with van der Waals surface area (Å²) in [6, 6.07) is 10.7. The van der Waals surface area contributed by atoms with Gasteiger partial charge in [-0.3, -0.25) is 4.98 Å². The predicted octanol–water partition coefficient (Wildman–Crippen LogP) is 3.21. The number of aromatic nitrogens is 1. The van der Waals surface area contributed by atoms with Crippen LogP contribution < -0.4 is 5.73 Å². The number of benzene rings is 1. The number of hydrogen-bond acceptors (Lipinski definition) is 2. The maximum absolute atomic E-state index is 6.69. The first-order valence-corrected chi connectivity index (χ1v) is 6.94. The lowest BCUT2D eigenvalue weighted by molar-refractivity contribution is 0.480. The van der Waals surface area contributed by atoms with E-state index in [2.05, 4.69) is 29.2 Å². The van der Waals surface area contributed by atoms with Crippen molar-refractivity contribution in [2.45, 2.75) is 31.2 Å². The van der Waals surface area contributed by atoms with Crippen molar-refractivity contribution in [2.24, 2.45) is 17.6 Å². The fourth-order valence-electron chi connectivity index (χ4n) is 3.94. The summed E-state index contributed by atoms with van der Waals surface area (Å²) in [5.74, 6) is 1.45. The molecule has 0 aliphatic heterocycles. The maximum atomic E-state index is 6.69. The molecule has 2 aliphatic carbocycles. The van der Waals surface area contributed by atoms with Gasteiger partial charge in [0.25, 0.3) is 0 Å². The van der Waals surface area contributed by atoms with Crippen molar-refractivity contribution in [3.05, 3.63) is 42.1 Å². The molecule has 2 nitrogen and oxygen atoms in total. The number of pyridine rings is 1. The van der Waals surface area contributed by atoms with Crippen molar-refractivity contribution in [1.82, 2.24) is 4.98 Å². The molecule has 0 bridgehead atoms. The molecule has 0 amide bonds. The minimum atomic E-state index is -0.0411. The Morgan fingerprint density at radius 2 is 1.89 bits per heavy atom. The first-order valence-electron chi connectivity index (χ1n) is 6.94. The van der Waals surface area contributed by atoms with E-state index in [1.807, 2.05) is 12.3 Å². The standard InChI is InChI=1S/C16H18N2/c17-16(13-5-1-2-6-14(13)16)12-7-8-15-11(10-12)4-3-9-18-15/h3-4,7-10,13-14H,1-2,5-6,17H2. The Morgan fingerprint density at radius 1 is 1.11 bits per heavy atom. The van der Waals surface area contributed by atoms with E-state index >= 15 is 0 Å². The van der Waals surface area contributed by atoms with Gasteiger partial charge < -0.3 is 5.73 Å². The second-order valence-electron chi connectivity index (χ2n) is 5.84. The number of hydrogen-bond donors (Lipinski definition) is 1. The lowest BCUT2D eigenvalue weighted by Crippen LogP contribution is -2.23. The number of rotatable bonds is 1. The van der Waals surface area contributed by atoms with Crippen molar-refractivity contribution in [3.8, 4) is 0 Å². The molecule has 2 aliphatic rings. The third kappa shape index (κ3) is 1.30. The van der Waals surface area contributed by atoms with Crippen molar-refractivity contribution < 1.29 is 0 Å². The average molecular weight is 238 g/mol. The molecule has 1 aromatic heterocycles. The molecule has 92 valence electrons. The van der Waals surface area contributed by atoms with Gasteiger partial charge in [-0.2, -0.15) is 0 Å². The van der Waals surface area contributed by atoms with Crippen LogP contribution in [0.4, 0.5) is 0 Å². The Morgan fingerprint density at radius 3 is 2.67 bits per heavy atom. The quantitative estimate of drug-likeness (QED) is 0.828. The van der Waals surface area contributed by atoms with Crippen LogP contribution in [0.5, 0.6) is 0 Å². The molecule has 4 rings (SSSR count). The highest BCUT2D eigenvalue weighted by Gasteiger charge is 2.62. The third-order valence-corrected chi connectivity index (χ3v) is 4.99. The van der Waals surface area contributed by atoms with Gasteiger partial charge in [0.05, 0.1) is 5.52 Å². The fourth-order valence-corrected chi connectivity index (χ4v) is 3.94. The van der Waals surface area contributed by atoms with Crippen molar-refractivity contribution in [3.63, 3.8) is 0 Å². The molecule has 0 radical (unpaired) electrons. The summed E-state index contributed by atoms with van der Waals surface area (Å²) in [6.45, 7) is 0. The zero-order valence-corrected chi connectivity index (χ0v) is 10.5. The van der Waals surface area contributed by atoms with Crippen LogP contribution in [-0.2, 0) is 5.54 Å². The average Bonchev–Trinajstić information content (AvgIpc) is 3.06. The van der Waals surface area contributed by atoms with Gasteiger partial charge in [-0.05, 0) is 48.4 Å². The summed E-state index contributed by atoms with van der Waals surface area (Å²) in [4.78, 5) is 4.37. The molecular formula is C16H18N2. The summed E-state index contributed by atoms with van der Waals surface area (Å²) in [5.41, 5.74) is 9.03. The van der Waals surface area contributed by atoms with Crippen molar-refractivity contribution in [2.75, 3.05) is 0 Å². The minimum Gasteiger partial charge on any atom is -0.321 e. The second kappa shape index (κ2) is 3.55. The summed E-state index contributed by atoms with van der Waals surface area (Å²) in [7, 11) is 0. The van der Waals surface area contributed by atoms with E-state index < -0.39 is 0 Å². The number of fused-ring (bicyclic) bond motifs is 2. The molecule has 0 spiro atoms. The minimum absolute atomic E-state index is 0.0411. The van der Waals surface area contributed by atoms with Gasteiger partial charge in [0, 0.05) is 17.1 Å². The van der Waals surface area contributed by atoms with Gasteiger partial charge >= 0.3 is 0 Å². The topological polar surface area (TPSA) is 38.9 Å². The van der Waals surface area contributed by atoms with Crippen LogP contribution in [0.3, 0.4) is 0 Å². The molecule has 2 aromatic rings. The largest absolute Gasteiger partial charge is 0.321 e. The highest BCUT2D eigenvalue weighted by molar-refractivity contribution is 5.79. The van der Waals surface area contributed by atoms with Crippen LogP contribution in [0.25, 0.3) is 10.9 Å². The van der Waals surface area contributed by atoms with Crippen LogP contribution in [0.1, 0.15) is 31.2 Å².